The van der Waals surface area contributed by atoms with Crippen LogP contribution in [0.1, 0.15) is 25.3 Å². The molecule has 0 saturated carbocycles. The molecule has 3 heteroatoms. The first-order chi connectivity index (χ1) is 8.81. The van der Waals surface area contributed by atoms with Gasteiger partial charge in [0.1, 0.15) is 0 Å². The maximum Gasteiger partial charge on any atom is 0.0843 e. The molecule has 0 saturated heterocycles. The Kier molecular flexibility index (Phi) is 4.53. The molecule has 0 bridgehead atoms. The van der Waals surface area contributed by atoms with E-state index in [0.29, 0.717) is 0 Å². The van der Waals surface area contributed by atoms with E-state index in [4.69, 9.17) is 0 Å². The van der Waals surface area contributed by atoms with Crippen molar-refractivity contribution in [1.82, 2.24) is 5.32 Å². The summed E-state index contributed by atoms with van der Waals surface area (Å²) >= 11 is 0. The highest BCUT2D eigenvalue weighted by molar-refractivity contribution is 6.01. The second-order valence-electron chi connectivity index (χ2n) is 4.66. The SMILES string of the molecule is CC1NCCC=C1C(CCc1ccccc1)=NO. The number of aryl methyl sites for hydroxylation is 1. The quantitative estimate of drug-likeness (QED) is 0.486. The largest absolute Gasteiger partial charge is 0.411 e. The fourth-order valence-corrected chi connectivity index (χ4v) is 2.34. The van der Waals surface area contributed by atoms with Crippen molar-refractivity contribution in [2.75, 3.05) is 6.54 Å². The smallest absolute Gasteiger partial charge is 0.0843 e. The maximum absolute atomic E-state index is 9.19. The Morgan fingerprint density at radius 1 is 1.39 bits per heavy atom. The molecule has 1 aromatic rings. The lowest BCUT2D eigenvalue weighted by Crippen LogP contribution is -2.35. The van der Waals surface area contributed by atoms with Gasteiger partial charge in [0.15, 0.2) is 0 Å². The van der Waals surface area contributed by atoms with Gasteiger partial charge in [-0.1, -0.05) is 41.6 Å². The Balaban J connectivity index is 2.00. The molecule has 1 heterocycles. The van der Waals surface area contributed by atoms with Crippen molar-refractivity contribution in [3.05, 3.63) is 47.5 Å². The molecule has 1 atom stereocenters. The molecular formula is C15H20N2O. The van der Waals surface area contributed by atoms with Crippen molar-refractivity contribution >= 4 is 5.71 Å². The van der Waals surface area contributed by atoms with E-state index in [1.165, 1.54) is 5.56 Å². The number of benzene rings is 1. The van der Waals surface area contributed by atoms with E-state index in [1.54, 1.807) is 0 Å². The Morgan fingerprint density at radius 2 is 2.17 bits per heavy atom. The highest BCUT2D eigenvalue weighted by Gasteiger charge is 2.17. The van der Waals surface area contributed by atoms with Gasteiger partial charge in [0.2, 0.25) is 0 Å². The Labute approximate surface area is 108 Å². The Hall–Kier alpha value is -1.61. The summed E-state index contributed by atoms with van der Waals surface area (Å²) in [6.45, 7) is 3.11. The normalized spacial score (nSPS) is 20.6. The topological polar surface area (TPSA) is 44.6 Å². The number of rotatable bonds is 4. The summed E-state index contributed by atoms with van der Waals surface area (Å²) < 4.78 is 0. The average Bonchev–Trinajstić information content (AvgIpc) is 2.42. The minimum absolute atomic E-state index is 0.278. The van der Waals surface area contributed by atoms with Crippen LogP contribution < -0.4 is 5.32 Å². The molecule has 0 radical (unpaired) electrons. The molecule has 96 valence electrons. The standard InChI is InChI=1S/C15H20N2O/c1-12-14(8-5-11-16-12)15(17-18)10-9-13-6-3-2-4-7-13/h2-4,6-8,12,16,18H,5,9-11H2,1H3. The fourth-order valence-electron chi connectivity index (χ4n) is 2.34. The van der Waals surface area contributed by atoms with Crippen LogP contribution in [0.5, 0.6) is 0 Å². The number of hydrogen-bond acceptors (Lipinski definition) is 3. The van der Waals surface area contributed by atoms with Crippen LogP contribution in [0.25, 0.3) is 0 Å². The molecule has 0 aromatic heterocycles. The summed E-state index contributed by atoms with van der Waals surface area (Å²) in [4.78, 5) is 0. The zero-order valence-corrected chi connectivity index (χ0v) is 10.8. The molecule has 0 spiro atoms. The first-order valence-corrected chi connectivity index (χ1v) is 6.50. The van der Waals surface area contributed by atoms with Crippen molar-refractivity contribution in [3.8, 4) is 0 Å². The van der Waals surface area contributed by atoms with Gasteiger partial charge < -0.3 is 10.5 Å². The van der Waals surface area contributed by atoms with Crippen LogP contribution in [0.2, 0.25) is 0 Å². The van der Waals surface area contributed by atoms with Crippen LogP contribution in [0, 0.1) is 0 Å². The van der Waals surface area contributed by atoms with Gasteiger partial charge in [-0.25, -0.2) is 0 Å². The van der Waals surface area contributed by atoms with E-state index in [0.717, 1.165) is 37.1 Å². The lowest BCUT2D eigenvalue weighted by Gasteiger charge is -2.22. The van der Waals surface area contributed by atoms with Crippen molar-refractivity contribution in [3.63, 3.8) is 0 Å². The summed E-state index contributed by atoms with van der Waals surface area (Å²) in [5, 5.41) is 16.1. The van der Waals surface area contributed by atoms with Gasteiger partial charge in [0.05, 0.1) is 5.71 Å². The van der Waals surface area contributed by atoms with E-state index < -0.39 is 0 Å². The lowest BCUT2D eigenvalue weighted by molar-refractivity contribution is 0.317. The number of nitrogens with one attached hydrogen (secondary N) is 1. The van der Waals surface area contributed by atoms with Crippen LogP contribution in [-0.2, 0) is 6.42 Å². The molecule has 2 N–H and O–H groups in total. The molecule has 18 heavy (non-hydrogen) atoms. The second kappa shape index (κ2) is 6.36. The molecular weight excluding hydrogens is 224 g/mol. The van der Waals surface area contributed by atoms with Gasteiger partial charge in [-0.2, -0.15) is 0 Å². The maximum atomic E-state index is 9.19. The van der Waals surface area contributed by atoms with E-state index in [1.807, 2.05) is 18.2 Å². The lowest BCUT2D eigenvalue weighted by atomic mass is 9.94. The van der Waals surface area contributed by atoms with E-state index in [-0.39, 0.29) is 6.04 Å². The first kappa shape index (κ1) is 12.8. The van der Waals surface area contributed by atoms with Crippen molar-refractivity contribution in [2.45, 2.75) is 32.2 Å². The number of oxime groups is 1. The third-order valence-electron chi connectivity index (χ3n) is 3.37. The average molecular weight is 244 g/mol. The molecule has 3 nitrogen and oxygen atoms in total. The van der Waals surface area contributed by atoms with Crippen LogP contribution in [0.4, 0.5) is 0 Å². The Bertz CT molecular complexity index is 437. The Morgan fingerprint density at radius 3 is 2.83 bits per heavy atom. The predicted molar refractivity (Wildman–Crippen MR) is 74.1 cm³/mol. The zero-order chi connectivity index (χ0) is 12.8. The molecule has 1 aliphatic heterocycles. The summed E-state index contributed by atoms with van der Waals surface area (Å²) in [6, 6.07) is 10.6. The molecule has 1 aromatic carbocycles. The van der Waals surface area contributed by atoms with Crippen molar-refractivity contribution < 1.29 is 5.21 Å². The van der Waals surface area contributed by atoms with Crippen LogP contribution >= 0.6 is 0 Å². The zero-order valence-electron chi connectivity index (χ0n) is 10.8. The van der Waals surface area contributed by atoms with Crippen molar-refractivity contribution in [2.24, 2.45) is 5.16 Å². The summed E-state index contributed by atoms with van der Waals surface area (Å²) in [5.74, 6) is 0. The van der Waals surface area contributed by atoms with E-state index >= 15 is 0 Å². The van der Waals surface area contributed by atoms with Crippen LogP contribution in [0.15, 0.2) is 47.1 Å². The molecule has 1 aliphatic rings. The summed E-state index contributed by atoms with van der Waals surface area (Å²) in [6.07, 6.45) is 4.87. The van der Waals surface area contributed by atoms with Gasteiger partial charge in [-0.05, 0) is 43.9 Å². The summed E-state index contributed by atoms with van der Waals surface area (Å²) in [5.41, 5.74) is 3.22. The van der Waals surface area contributed by atoms with Gasteiger partial charge in [-0.15, -0.1) is 0 Å². The second-order valence-corrected chi connectivity index (χ2v) is 4.66. The third kappa shape index (κ3) is 3.20. The highest BCUT2D eigenvalue weighted by Crippen LogP contribution is 2.15. The first-order valence-electron chi connectivity index (χ1n) is 6.50. The minimum atomic E-state index is 0.278. The fraction of sp³-hybridized carbons (Fsp3) is 0.400. The monoisotopic (exact) mass is 244 g/mol. The minimum Gasteiger partial charge on any atom is -0.411 e. The van der Waals surface area contributed by atoms with Crippen LogP contribution in [0.3, 0.4) is 0 Å². The van der Waals surface area contributed by atoms with Crippen molar-refractivity contribution in [1.29, 1.82) is 0 Å². The molecule has 0 fully saturated rings. The molecule has 0 aliphatic carbocycles. The van der Waals surface area contributed by atoms with E-state index in [9.17, 15) is 5.21 Å². The summed E-state index contributed by atoms with van der Waals surface area (Å²) in [7, 11) is 0. The predicted octanol–water partition coefficient (Wildman–Crippen LogP) is 2.76. The van der Waals surface area contributed by atoms with Gasteiger partial charge in [0.25, 0.3) is 0 Å². The number of nitrogens with zero attached hydrogens (tertiary/aromatic N) is 1. The molecule has 2 rings (SSSR count). The van der Waals surface area contributed by atoms with Gasteiger partial charge in [-0.3, -0.25) is 0 Å². The highest BCUT2D eigenvalue weighted by atomic mass is 16.4. The molecule has 1 unspecified atom stereocenters. The van der Waals surface area contributed by atoms with E-state index in [2.05, 4.69) is 35.6 Å². The van der Waals surface area contributed by atoms with Crippen LogP contribution in [-0.4, -0.2) is 23.5 Å². The van der Waals surface area contributed by atoms with Gasteiger partial charge in [0, 0.05) is 6.04 Å². The molecule has 0 amide bonds. The third-order valence-corrected chi connectivity index (χ3v) is 3.37. The van der Waals surface area contributed by atoms with Gasteiger partial charge >= 0.3 is 0 Å². The number of hydrogen-bond donors (Lipinski definition) is 2.